The molecule has 9 N–H and O–H groups in total. The van der Waals surface area contributed by atoms with E-state index in [-0.39, 0.29) is 76.1 Å². The summed E-state index contributed by atoms with van der Waals surface area (Å²) in [5.41, 5.74) is 12.8. The number of halogens is 3. The van der Waals surface area contributed by atoms with Crippen molar-refractivity contribution < 1.29 is 85.4 Å². The first-order valence-electron chi connectivity index (χ1n) is 43.0. The van der Waals surface area contributed by atoms with Crippen LogP contribution in [0.2, 0.25) is 5.02 Å². The fourth-order valence-electron chi connectivity index (χ4n) is 15.3. The van der Waals surface area contributed by atoms with Crippen molar-refractivity contribution in [3.63, 3.8) is 0 Å². The molecule has 0 atom stereocenters. The largest absolute Gasteiger partial charge is 0.378 e. The second-order valence-electron chi connectivity index (χ2n) is 32.2. The SMILES string of the molecule is C#CCNC(=O)C(=O)c1c(C)c(C(=O)Nc2ccc(C)c(C#N)c2)n(C)c1C.C#CCNC(=O)C(=O)c1c(C)c(C(=O)Nc2ccc(C)c(Cl)c2)n(C)c1C.C#CCNC(=O)C(=O)c1c(C)c(C(=O)Nc2ccccc2)n(C)c1C.Cc1ccc(NC(=O)c2c(C)c(C(=O)C(=O)N3CCOCC3)c(C)n2C)cc1F.Cc1ccc(NC(=O)c2c(C)c(C(=O)C(=O)Nc3ccccc3)c(C)n2C)cc1F. The summed E-state index contributed by atoms with van der Waals surface area (Å²) in [5, 5.41) is 32.9. The number of Topliss-reactive ketones (excluding diaryl/α,β-unsaturated/α-hetero) is 5. The third-order valence-corrected chi connectivity index (χ3v) is 23.6. The number of ketones is 5. The topological polar surface area (TPSA) is 425 Å². The Morgan fingerprint density at radius 2 is 0.612 bits per heavy atom. The average molecular weight is 1910 g/mol. The maximum Gasteiger partial charge on any atom is 0.296 e. The molecular weight excluding hydrogens is 1800 g/mol. The maximum atomic E-state index is 13.8. The van der Waals surface area contributed by atoms with Crippen molar-refractivity contribution in [1.82, 2.24) is 43.7 Å². The second kappa shape index (κ2) is 47.8. The average Bonchev–Trinajstić information content (AvgIpc) is 1.67. The predicted octanol–water partition coefficient (Wildman–Crippen LogP) is 13.2. The van der Waals surface area contributed by atoms with Crippen LogP contribution in [-0.4, -0.2) is 162 Å². The number of nitriles is 1. The Hall–Kier alpha value is -17.0. The third-order valence-electron chi connectivity index (χ3n) is 23.2. The fourth-order valence-corrected chi connectivity index (χ4v) is 15.5. The molecule has 0 bridgehead atoms. The lowest BCUT2D eigenvalue weighted by Crippen LogP contribution is -2.44. The lowest BCUT2D eigenvalue weighted by atomic mass is 10.0. The van der Waals surface area contributed by atoms with Gasteiger partial charge in [-0.25, -0.2) is 8.78 Å². The number of morpholine rings is 1. The Morgan fingerprint density at radius 1 is 0.345 bits per heavy atom. The van der Waals surface area contributed by atoms with E-state index in [1.807, 2.05) is 25.1 Å². The Morgan fingerprint density at radius 3 is 0.906 bits per heavy atom. The lowest BCUT2D eigenvalue weighted by Gasteiger charge is -2.26. The molecule has 11 aromatic rings. The first kappa shape index (κ1) is 107. The molecule has 12 rings (SSSR count). The van der Waals surface area contributed by atoms with E-state index in [1.54, 1.807) is 251 Å². The number of hydrogen-bond acceptors (Lipinski definition) is 17. The molecule has 0 aliphatic carbocycles. The minimum atomic E-state index is -0.820. The highest BCUT2D eigenvalue weighted by Crippen LogP contribution is 2.32. The van der Waals surface area contributed by atoms with E-state index in [4.69, 9.17) is 40.9 Å². The van der Waals surface area contributed by atoms with Crippen LogP contribution in [0.1, 0.15) is 188 Å². The predicted molar refractivity (Wildman–Crippen MR) is 525 cm³/mol. The molecule has 5 aromatic heterocycles. The van der Waals surface area contributed by atoms with Gasteiger partial charge in [0.25, 0.3) is 88.0 Å². The van der Waals surface area contributed by atoms with Crippen molar-refractivity contribution in [3.05, 3.63) is 291 Å². The number of nitrogens with one attached hydrogen (secondary N) is 9. The van der Waals surface area contributed by atoms with Gasteiger partial charge >= 0.3 is 0 Å². The van der Waals surface area contributed by atoms with Crippen LogP contribution in [0.3, 0.4) is 0 Å². The smallest absolute Gasteiger partial charge is 0.296 e. The minimum absolute atomic E-state index is 0.0309. The van der Waals surface area contributed by atoms with Gasteiger partial charge in [-0.1, -0.05) is 90.0 Å². The van der Waals surface area contributed by atoms with Crippen LogP contribution >= 0.6 is 11.6 Å². The Labute approximate surface area is 807 Å². The molecule has 35 heteroatoms. The number of benzene rings is 6. The number of terminal acetylenes is 3. The van der Waals surface area contributed by atoms with Crippen LogP contribution in [0.25, 0.3) is 0 Å². The van der Waals surface area contributed by atoms with Gasteiger partial charge in [-0.2, -0.15) is 5.26 Å². The number of para-hydroxylation sites is 2. The number of carbonyl (C=O) groups excluding carboxylic acids is 15. The maximum absolute atomic E-state index is 13.8. The van der Waals surface area contributed by atoms with E-state index >= 15 is 0 Å². The molecule has 0 saturated carbocycles. The summed E-state index contributed by atoms with van der Waals surface area (Å²) < 4.78 is 40.7. The van der Waals surface area contributed by atoms with Crippen molar-refractivity contribution in [3.8, 4) is 43.1 Å². The Balaban J connectivity index is 0.000000213. The number of hydrogen-bond donors (Lipinski definition) is 9. The van der Waals surface area contributed by atoms with Crippen LogP contribution in [0.4, 0.5) is 42.9 Å². The first-order valence-corrected chi connectivity index (χ1v) is 43.4. The van der Waals surface area contributed by atoms with Gasteiger partial charge in [0.05, 0.1) is 72.3 Å². The molecule has 0 spiro atoms. The van der Waals surface area contributed by atoms with Gasteiger partial charge in [-0.3, -0.25) is 71.9 Å². The molecule has 10 amide bonds. The van der Waals surface area contributed by atoms with Crippen LogP contribution in [0, 0.1) is 157 Å². The molecule has 718 valence electrons. The molecule has 6 aromatic carbocycles. The van der Waals surface area contributed by atoms with Gasteiger partial charge in [0.15, 0.2) is 0 Å². The summed E-state index contributed by atoms with van der Waals surface area (Å²) in [6.07, 6.45) is 15.3. The number of carbonyl (C=O) groups is 15. The number of anilines is 6. The van der Waals surface area contributed by atoms with Gasteiger partial charge in [-0.15, -0.1) is 19.3 Å². The summed E-state index contributed by atoms with van der Waals surface area (Å²) in [5.74, 6) is -3.66. The highest BCUT2D eigenvalue weighted by molar-refractivity contribution is 6.48. The summed E-state index contributed by atoms with van der Waals surface area (Å²) >= 11 is 6.09. The van der Waals surface area contributed by atoms with E-state index in [2.05, 4.69) is 71.7 Å². The summed E-state index contributed by atoms with van der Waals surface area (Å²) in [7, 11) is 8.28. The zero-order valence-corrected chi connectivity index (χ0v) is 80.9. The van der Waals surface area contributed by atoms with Gasteiger partial charge in [-0.05, 0) is 220 Å². The Bertz CT molecular complexity index is 6970. The molecule has 1 saturated heterocycles. The van der Waals surface area contributed by atoms with E-state index in [0.29, 0.717) is 144 Å². The Kier molecular flexibility index (Phi) is 36.9. The number of nitrogens with zero attached hydrogens (tertiary/aromatic N) is 7. The second-order valence-corrected chi connectivity index (χ2v) is 32.6. The third kappa shape index (κ3) is 25.2. The number of amides is 10. The van der Waals surface area contributed by atoms with Crippen molar-refractivity contribution in [2.45, 2.75) is 96.9 Å². The fraction of sp³-hybridized carbons (Fsp3) is 0.250. The molecule has 1 fully saturated rings. The van der Waals surface area contributed by atoms with Gasteiger partial charge < -0.3 is 80.3 Å². The number of aromatic nitrogens is 5. The highest BCUT2D eigenvalue weighted by atomic mass is 35.5. The molecule has 32 nitrogen and oxygen atoms in total. The monoisotopic (exact) mass is 1910 g/mol. The first-order chi connectivity index (χ1) is 65.7. The standard InChI is InChI=1S/C23H22FN3O3.C21H24FN3O4.C21H20N4O3.C20H20ClN3O3.C19H19N3O3/c1-13-10-11-17(12-18(13)24)26-22(29)20-14(2)19(15(3)27(20)4)21(28)23(30)25-16-8-6-5-7-9-16;1-12-5-6-15(11-16(12)22)23-20(27)18-13(2)17(14(3)24(18)4)19(26)21(28)25-7-9-29-10-8-25;1-6-9-23-21(28)19(26)17-13(3)18(25(5)14(17)4)20(27)24-16-8-7-12(2)15(10-16)11-22;1-6-9-22-20(27)18(25)16-12(3)17(24(5)13(16)4)19(26)23-14-8-7-11(2)15(21)10-14;1-5-11-20-19(25)17(23)15-12(2)16(22(4)13(15)3)18(24)21-14-9-7-6-8-10-14/h5-12H,1-4H3,(H,25,30)(H,26,29);5-6,11H,7-10H2,1-4H3,(H,23,27);1,7-8,10H,9H2,2-5H3,(H,23,28)(H,24,27);1,7-8,10H,9H2,2-5H3,(H,22,27)(H,23,26);1,6-10H,11H2,2-4H3,(H,20,25)(H,21,24). The number of aryl methyl sites for hydroxylation is 4. The molecule has 1 aliphatic heterocycles. The molecule has 6 heterocycles. The van der Waals surface area contributed by atoms with E-state index in [1.165, 1.54) is 17.0 Å². The zero-order chi connectivity index (χ0) is 103. The molecule has 139 heavy (non-hydrogen) atoms. The van der Waals surface area contributed by atoms with Crippen LogP contribution in [0.15, 0.2) is 133 Å². The van der Waals surface area contributed by atoms with Gasteiger partial charge in [0, 0.05) is 116 Å². The number of ether oxygens (including phenoxy) is 1. The molecular formula is C104H105ClF2N16O16. The summed E-state index contributed by atoms with van der Waals surface area (Å²) in [6.45, 7) is 24.8. The normalized spacial score (nSPS) is 11.0. The van der Waals surface area contributed by atoms with E-state index in [9.17, 15) is 80.7 Å². The van der Waals surface area contributed by atoms with Gasteiger partial charge in [0.2, 0.25) is 0 Å². The summed E-state index contributed by atoms with van der Waals surface area (Å²) in [6, 6.07) is 38.7. The van der Waals surface area contributed by atoms with E-state index < -0.39 is 93.7 Å². The lowest BCUT2D eigenvalue weighted by molar-refractivity contribution is -0.130. The quantitative estimate of drug-likeness (QED) is 0.0154. The highest BCUT2D eigenvalue weighted by Gasteiger charge is 2.36. The van der Waals surface area contributed by atoms with Crippen LogP contribution in [0.5, 0.6) is 0 Å². The molecule has 0 unspecified atom stereocenters. The van der Waals surface area contributed by atoms with Crippen molar-refractivity contribution in [1.29, 1.82) is 5.26 Å². The van der Waals surface area contributed by atoms with Crippen LogP contribution < -0.4 is 47.9 Å². The van der Waals surface area contributed by atoms with Crippen molar-refractivity contribution in [2.75, 3.05) is 77.8 Å². The molecule has 1 aliphatic rings. The van der Waals surface area contributed by atoms with Gasteiger partial charge in [0.1, 0.15) is 40.1 Å². The van der Waals surface area contributed by atoms with Crippen molar-refractivity contribution >= 4 is 134 Å². The number of rotatable bonds is 24. The van der Waals surface area contributed by atoms with Crippen LogP contribution in [-0.2, 0) is 63.9 Å². The van der Waals surface area contributed by atoms with E-state index in [0.717, 1.165) is 11.1 Å². The van der Waals surface area contributed by atoms with Crippen molar-refractivity contribution in [2.24, 2.45) is 35.2 Å². The summed E-state index contributed by atoms with van der Waals surface area (Å²) in [4.78, 5) is 189. The molecule has 0 radical (unpaired) electrons. The minimum Gasteiger partial charge on any atom is -0.378 e. The zero-order valence-electron chi connectivity index (χ0n) is 80.2.